The topological polar surface area (TPSA) is 105 Å². The van der Waals surface area contributed by atoms with Gasteiger partial charge in [-0.2, -0.15) is 0 Å². The Balaban J connectivity index is 0.00000165. The minimum absolute atomic E-state index is 0.0942. The molecule has 0 bridgehead atoms. The summed E-state index contributed by atoms with van der Waals surface area (Å²) >= 11 is 0. The largest absolute Gasteiger partial charge is 0.444 e. The van der Waals surface area contributed by atoms with Crippen molar-refractivity contribution in [1.82, 2.24) is 15.5 Å². The van der Waals surface area contributed by atoms with Gasteiger partial charge in [-0.05, 0) is 33.1 Å². The van der Waals surface area contributed by atoms with Crippen LogP contribution in [0.4, 0.5) is 4.79 Å². The highest BCUT2D eigenvalue weighted by Gasteiger charge is 2.28. The number of ether oxygens (including phenoxy) is 1. The van der Waals surface area contributed by atoms with Gasteiger partial charge >= 0.3 is 6.09 Å². The first-order valence-corrected chi connectivity index (χ1v) is 9.89. The van der Waals surface area contributed by atoms with Gasteiger partial charge in [-0.1, -0.05) is 27.7 Å². The highest BCUT2D eigenvalue weighted by molar-refractivity contribution is 5.89. The second-order valence-corrected chi connectivity index (χ2v) is 8.53. The summed E-state index contributed by atoms with van der Waals surface area (Å²) in [4.78, 5) is 48.6. The van der Waals surface area contributed by atoms with E-state index in [1.165, 1.54) is 4.90 Å². The predicted molar refractivity (Wildman–Crippen MR) is 108 cm³/mol. The van der Waals surface area contributed by atoms with Gasteiger partial charge in [0.05, 0.1) is 19.0 Å². The normalized spacial score (nSPS) is 16.0. The SMILES string of the molecule is CC(C)C.CCC(=O)N(CC(=O)CNC(=O)OC(C)(C)C)CC1CCNC1=O. The van der Waals surface area contributed by atoms with Crippen LogP contribution in [0.1, 0.15) is 61.3 Å². The molecule has 1 atom stereocenters. The minimum atomic E-state index is -0.681. The maximum absolute atomic E-state index is 12.0. The smallest absolute Gasteiger partial charge is 0.408 e. The second-order valence-electron chi connectivity index (χ2n) is 8.53. The van der Waals surface area contributed by atoms with Crippen LogP contribution in [-0.2, 0) is 19.1 Å². The Kier molecular flexibility index (Phi) is 11.4. The van der Waals surface area contributed by atoms with Gasteiger partial charge in [0, 0.05) is 19.5 Å². The van der Waals surface area contributed by atoms with Gasteiger partial charge in [0.15, 0.2) is 5.78 Å². The fourth-order valence-electron chi connectivity index (χ4n) is 2.32. The zero-order valence-electron chi connectivity index (χ0n) is 18.4. The van der Waals surface area contributed by atoms with E-state index in [0.717, 1.165) is 5.92 Å². The van der Waals surface area contributed by atoms with Crippen molar-refractivity contribution in [3.8, 4) is 0 Å². The summed E-state index contributed by atoms with van der Waals surface area (Å²) in [5.41, 5.74) is -0.646. The fourth-order valence-corrected chi connectivity index (χ4v) is 2.32. The summed E-state index contributed by atoms with van der Waals surface area (Å²) in [5.74, 6) is -0.0586. The molecule has 3 amide bonds. The molecule has 0 aromatic carbocycles. The van der Waals surface area contributed by atoms with Gasteiger partial charge in [0.25, 0.3) is 0 Å². The lowest BCUT2D eigenvalue weighted by atomic mass is 10.1. The van der Waals surface area contributed by atoms with Crippen molar-refractivity contribution in [3.63, 3.8) is 0 Å². The highest BCUT2D eigenvalue weighted by Crippen LogP contribution is 2.12. The molecule has 1 aliphatic heterocycles. The van der Waals surface area contributed by atoms with Crippen LogP contribution in [0.3, 0.4) is 0 Å². The van der Waals surface area contributed by atoms with Crippen molar-refractivity contribution in [2.24, 2.45) is 11.8 Å². The second kappa shape index (κ2) is 12.4. The molecule has 8 nitrogen and oxygen atoms in total. The number of hydrogen-bond donors (Lipinski definition) is 2. The maximum Gasteiger partial charge on any atom is 0.408 e. The van der Waals surface area contributed by atoms with Crippen molar-refractivity contribution in [3.05, 3.63) is 0 Å². The third kappa shape index (κ3) is 12.3. The van der Waals surface area contributed by atoms with Crippen LogP contribution >= 0.6 is 0 Å². The number of rotatable bonds is 7. The van der Waals surface area contributed by atoms with Crippen LogP contribution < -0.4 is 10.6 Å². The molecular weight excluding hydrogens is 362 g/mol. The first kappa shape index (κ1) is 25.9. The van der Waals surface area contributed by atoms with Gasteiger partial charge < -0.3 is 20.3 Å². The van der Waals surface area contributed by atoms with Crippen LogP contribution in [0, 0.1) is 11.8 Å². The average molecular weight is 400 g/mol. The Morgan fingerprint density at radius 1 is 1.25 bits per heavy atom. The molecule has 1 saturated heterocycles. The third-order valence-corrected chi connectivity index (χ3v) is 3.45. The summed E-state index contributed by atoms with van der Waals surface area (Å²) in [6.07, 6.45) is 0.219. The van der Waals surface area contributed by atoms with Crippen molar-refractivity contribution >= 4 is 23.7 Å². The number of nitrogens with one attached hydrogen (secondary N) is 2. The molecule has 1 unspecified atom stereocenters. The van der Waals surface area contributed by atoms with Crippen molar-refractivity contribution in [2.75, 3.05) is 26.2 Å². The van der Waals surface area contributed by atoms with Gasteiger partial charge in [0.1, 0.15) is 5.60 Å². The molecule has 162 valence electrons. The van der Waals surface area contributed by atoms with E-state index in [2.05, 4.69) is 31.4 Å². The molecule has 1 rings (SSSR count). The predicted octanol–water partition coefficient (Wildman–Crippen LogP) is 2.12. The van der Waals surface area contributed by atoms with Crippen LogP contribution in [0.25, 0.3) is 0 Å². The van der Waals surface area contributed by atoms with E-state index in [4.69, 9.17) is 4.74 Å². The number of alkyl carbamates (subject to hydrolysis) is 1. The maximum atomic E-state index is 12.0. The number of hydrogen-bond acceptors (Lipinski definition) is 5. The molecule has 0 radical (unpaired) electrons. The number of amides is 3. The molecule has 1 aliphatic rings. The van der Waals surface area contributed by atoms with E-state index in [1.807, 2.05) is 0 Å². The average Bonchev–Trinajstić information content (AvgIpc) is 2.94. The van der Waals surface area contributed by atoms with Crippen LogP contribution in [-0.4, -0.2) is 60.4 Å². The van der Waals surface area contributed by atoms with E-state index >= 15 is 0 Å². The quantitative estimate of drug-likeness (QED) is 0.682. The van der Waals surface area contributed by atoms with E-state index in [9.17, 15) is 19.2 Å². The summed E-state index contributed by atoms with van der Waals surface area (Å²) in [6.45, 7) is 13.8. The number of nitrogens with zero attached hydrogens (tertiary/aromatic N) is 1. The Hall–Kier alpha value is -2.12. The Morgan fingerprint density at radius 3 is 2.25 bits per heavy atom. The Labute approximate surface area is 168 Å². The van der Waals surface area contributed by atoms with Gasteiger partial charge in [-0.15, -0.1) is 0 Å². The molecular formula is C20H37N3O5. The molecule has 0 spiro atoms. The molecule has 1 heterocycles. The van der Waals surface area contributed by atoms with Gasteiger partial charge in [-0.25, -0.2) is 4.79 Å². The fraction of sp³-hybridized carbons (Fsp3) is 0.800. The molecule has 0 saturated carbocycles. The first-order chi connectivity index (χ1) is 12.9. The lowest BCUT2D eigenvalue weighted by Gasteiger charge is -2.24. The molecule has 28 heavy (non-hydrogen) atoms. The Bertz CT molecular complexity index is 538. The third-order valence-electron chi connectivity index (χ3n) is 3.45. The lowest BCUT2D eigenvalue weighted by Crippen LogP contribution is -2.43. The number of carbonyl (C=O) groups is 4. The molecule has 2 N–H and O–H groups in total. The van der Waals surface area contributed by atoms with E-state index in [0.29, 0.717) is 13.0 Å². The monoisotopic (exact) mass is 399 g/mol. The number of carbonyl (C=O) groups excluding carboxylic acids is 4. The van der Waals surface area contributed by atoms with Crippen LogP contribution in [0.2, 0.25) is 0 Å². The minimum Gasteiger partial charge on any atom is -0.444 e. The number of ketones is 1. The van der Waals surface area contributed by atoms with Gasteiger partial charge in [-0.3, -0.25) is 14.4 Å². The van der Waals surface area contributed by atoms with E-state index in [1.54, 1.807) is 27.7 Å². The highest BCUT2D eigenvalue weighted by atomic mass is 16.6. The lowest BCUT2D eigenvalue weighted by molar-refractivity contribution is -0.136. The summed E-state index contributed by atoms with van der Waals surface area (Å²) in [6, 6.07) is 0. The molecule has 0 aromatic rings. The number of Topliss-reactive ketones (excluding diaryl/α,β-unsaturated/α-hetero) is 1. The summed E-state index contributed by atoms with van der Waals surface area (Å²) in [5, 5.41) is 5.09. The van der Waals surface area contributed by atoms with Gasteiger partial charge in [0.2, 0.25) is 11.8 Å². The van der Waals surface area contributed by atoms with E-state index < -0.39 is 11.7 Å². The van der Waals surface area contributed by atoms with Crippen molar-refractivity contribution < 1.29 is 23.9 Å². The van der Waals surface area contributed by atoms with E-state index in [-0.39, 0.29) is 49.6 Å². The zero-order valence-corrected chi connectivity index (χ0v) is 18.4. The molecule has 0 aliphatic carbocycles. The standard InChI is InChI=1S/C16H27N3O5.C4H10/c1-5-13(21)19(9-11-6-7-17-14(11)22)10-12(20)8-18-15(23)24-16(2,3)4;1-4(2)3/h11H,5-10H2,1-4H3,(H,17,22)(H,18,23);4H,1-3H3. The molecule has 8 heteroatoms. The van der Waals surface area contributed by atoms with Crippen LogP contribution in [0.5, 0.6) is 0 Å². The summed E-state index contributed by atoms with van der Waals surface area (Å²) < 4.78 is 5.05. The summed E-state index contributed by atoms with van der Waals surface area (Å²) in [7, 11) is 0. The first-order valence-electron chi connectivity index (χ1n) is 9.89. The Morgan fingerprint density at radius 2 is 1.82 bits per heavy atom. The van der Waals surface area contributed by atoms with Crippen LogP contribution in [0.15, 0.2) is 0 Å². The van der Waals surface area contributed by atoms with Crippen molar-refractivity contribution in [1.29, 1.82) is 0 Å². The molecule has 1 fully saturated rings. The zero-order chi connectivity index (χ0) is 21.9. The van der Waals surface area contributed by atoms with Crippen molar-refractivity contribution in [2.45, 2.75) is 66.9 Å². The molecule has 0 aromatic heterocycles.